The molecule has 0 aliphatic rings. The molecule has 12 heavy (non-hydrogen) atoms. The standard InChI is InChI=1S/C8H16N4/c1-7(4-3-5-9)8-11-10-6-12(8)2/h6-7H,3-5,9H2,1-2H3. The van der Waals surface area contributed by atoms with Crippen LogP contribution in [0, 0.1) is 0 Å². The minimum absolute atomic E-state index is 0.459. The van der Waals surface area contributed by atoms with Gasteiger partial charge in [0.2, 0.25) is 0 Å². The quantitative estimate of drug-likeness (QED) is 0.718. The summed E-state index contributed by atoms with van der Waals surface area (Å²) in [6, 6.07) is 0. The van der Waals surface area contributed by atoms with Crippen LogP contribution in [0.15, 0.2) is 6.33 Å². The Morgan fingerprint density at radius 3 is 2.92 bits per heavy atom. The smallest absolute Gasteiger partial charge is 0.135 e. The monoisotopic (exact) mass is 168 g/mol. The van der Waals surface area contributed by atoms with E-state index in [9.17, 15) is 0 Å². The van der Waals surface area contributed by atoms with E-state index in [2.05, 4.69) is 17.1 Å². The zero-order valence-electron chi connectivity index (χ0n) is 7.70. The van der Waals surface area contributed by atoms with Crippen LogP contribution >= 0.6 is 0 Å². The number of aromatic nitrogens is 3. The molecule has 0 amide bonds. The molecule has 2 N–H and O–H groups in total. The lowest BCUT2D eigenvalue weighted by Crippen LogP contribution is -2.06. The predicted molar refractivity (Wildman–Crippen MR) is 47.7 cm³/mol. The van der Waals surface area contributed by atoms with E-state index < -0.39 is 0 Å². The Kier molecular flexibility index (Phi) is 3.22. The van der Waals surface area contributed by atoms with E-state index in [1.54, 1.807) is 6.33 Å². The molecule has 4 heteroatoms. The van der Waals surface area contributed by atoms with Crippen LogP contribution in [0.2, 0.25) is 0 Å². The largest absolute Gasteiger partial charge is 0.330 e. The number of aryl methyl sites for hydroxylation is 1. The minimum atomic E-state index is 0.459. The fourth-order valence-corrected chi connectivity index (χ4v) is 1.29. The van der Waals surface area contributed by atoms with Gasteiger partial charge in [-0.15, -0.1) is 10.2 Å². The van der Waals surface area contributed by atoms with Gasteiger partial charge in [0.25, 0.3) is 0 Å². The molecule has 0 spiro atoms. The van der Waals surface area contributed by atoms with Gasteiger partial charge in [-0.1, -0.05) is 6.92 Å². The Labute approximate surface area is 72.8 Å². The summed E-state index contributed by atoms with van der Waals surface area (Å²) in [5.41, 5.74) is 5.43. The Morgan fingerprint density at radius 2 is 2.42 bits per heavy atom. The third-order valence-corrected chi connectivity index (χ3v) is 2.03. The van der Waals surface area contributed by atoms with E-state index in [-0.39, 0.29) is 0 Å². The Balaban J connectivity index is 2.52. The Bertz CT molecular complexity index is 231. The van der Waals surface area contributed by atoms with Gasteiger partial charge in [-0.2, -0.15) is 0 Å². The molecule has 68 valence electrons. The van der Waals surface area contributed by atoms with Gasteiger partial charge in [-0.25, -0.2) is 0 Å². The number of rotatable bonds is 4. The van der Waals surface area contributed by atoms with Crippen molar-refractivity contribution >= 4 is 0 Å². The molecule has 1 aromatic heterocycles. The highest BCUT2D eigenvalue weighted by molar-refractivity contribution is 4.92. The van der Waals surface area contributed by atoms with E-state index >= 15 is 0 Å². The van der Waals surface area contributed by atoms with E-state index in [1.165, 1.54) is 0 Å². The first-order chi connectivity index (χ1) is 5.75. The Hall–Kier alpha value is -0.900. The number of hydrogen-bond donors (Lipinski definition) is 1. The van der Waals surface area contributed by atoms with Crippen LogP contribution in [-0.2, 0) is 7.05 Å². The van der Waals surface area contributed by atoms with Gasteiger partial charge in [0.05, 0.1) is 0 Å². The average molecular weight is 168 g/mol. The first-order valence-corrected chi connectivity index (χ1v) is 4.29. The van der Waals surface area contributed by atoms with Crippen molar-refractivity contribution < 1.29 is 0 Å². The highest BCUT2D eigenvalue weighted by Gasteiger charge is 2.09. The fourth-order valence-electron chi connectivity index (χ4n) is 1.29. The number of nitrogens with two attached hydrogens (primary N) is 1. The lowest BCUT2D eigenvalue weighted by molar-refractivity contribution is 0.586. The lowest BCUT2D eigenvalue weighted by Gasteiger charge is -2.08. The molecule has 0 aromatic carbocycles. The zero-order chi connectivity index (χ0) is 8.97. The highest BCUT2D eigenvalue weighted by Crippen LogP contribution is 2.16. The minimum Gasteiger partial charge on any atom is -0.330 e. The number of hydrogen-bond acceptors (Lipinski definition) is 3. The summed E-state index contributed by atoms with van der Waals surface area (Å²) in [5, 5.41) is 7.87. The van der Waals surface area contributed by atoms with Crippen LogP contribution in [-0.4, -0.2) is 21.3 Å². The van der Waals surface area contributed by atoms with Gasteiger partial charge in [-0.3, -0.25) is 0 Å². The molecule has 0 fully saturated rings. The third kappa shape index (κ3) is 2.04. The van der Waals surface area contributed by atoms with Crippen LogP contribution in [0.1, 0.15) is 31.5 Å². The van der Waals surface area contributed by atoms with Gasteiger partial charge in [-0.05, 0) is 19.4 Å². The molecule has 1 atom stereocenters. The maximum Gasteiger partial charge on any atom is 0.135 e. The first kappa shape index (κ1) is 9.19. The number of nitrogens with zero attached hydrogens (tertiary/aromatic N) is 3. The summed E-state index contributed by atoms with van der Waals surface area (Å²) >= 11 is 0. The summed E-state index contributed by atoms with van der Waals surface area (Å²) in [7, 11) is 1.97. The van der Waals surface area contributed by atoms with Crippen molar-refractivity contribution in [3.05, 3.63) is 12.2 Å². The van der Waals surface area contributed by atoms with Gasteiger partial charge in [0.1, 0.15) is 12.2 Å². The summed E-state index contributed by atoms with van der Waals surface area (Å²) in [6.45, 7) is 2.90. The van der Waals surface area contributed by atoms with Crippen molar-refractivity contribution in [3.8, 4) is 0 Å². The lowest BCUT2D eigenvalue weighted by atomic mass is 10.1. The van der Waals surface area contributed by atoms with Crippen molar-refractivity contribution in [3.63, 3.8) is 0 Å². The van der Waals surface area contributed by atoms with Crippen LogP contribution in [0.4, 0.5) is 0 Å². The van der Waals surface area contributed by atoms with Crippen molar-refractivity contribution in [2.45, 2.75) is 25.7 Å². The molecule has 0 saturated carbocycles. The maximum absolute atomic E-state index is 5.43. The van der Waals surface area contributed by atoms with E-state index in [4.69, 9.17) is 5.73 Å². The van der Waals surface area contributed by atoms with Gasteiger partial charge in [0, 0.05) is 13.0 Å². The van der Waals surface area contributed by atoms with Crippen molar-refractivity contribution in [2.24, 2.45) is 12.8 Å². The van der Waals surface area contributed by atoms with Crippen molar-refractivity contribution in [2.75, 3.05) is 6.54 Å². The molecule has 1 aromatic rings. The second-order valence-electron chi connectivity index (χ2n) is 3.13. The molecule has 0 aliphatic carbocycles. The molecular formula is C8H16N4. The summed E-state index contributed by atoms with van der Waals surface area (Å²) < 4.78 is 1.96. The molecule has 0 bridgehead atoms. The van der Waals surface area contributed by atoms with Crippen molar-refractivity contribution in [1.82, 2.24) is 14.8 Å². The van der Waals surface area contributed by atoms with Crippen LogP contribution in [0.3, 0.4) is 0 Å². The topological polar surface area (TPSA) is 56.7 Å². The van der Waals surface area contributed by atoms with Crippen LogP contribution in [0.25, 0.3) is 0 Å². The predicted octanol–water partition coefficient (Wildman–Crippen LogP) is 0.657. The first-order valence-electron chi connectivity index (χ1n) is 4.29. The second-order valence-corrected chi connectivity index (χ2v) is 3.13. The summed E-state index contributed by atoms with van der Waals surface area (Å²) in [6.07, 6.45) is 3.87. The summed E-state index contributed by atoms with van der Waals surface area (Å²) in [4.78, 5) is 0. The molecule has 0 radical (unpaired) electrons. The summed E-state index contributed by atoms with van der Waals surface area (Å²) in [5.74, 6) is 1.50. The second kappa shape index (κ2) is 4.21. The molecule has 1 unspecified atom stereocenters. The highest BCUT2D eigenvalue weighted by atomic mass is 15.2. The third-order valence-electron chi connectivity index (χ3n) is 2.03. The average Bonchev–Trinajstić information content (AvgIpc) is 2.47. The van der Waals surface area contributed by atoms with Gasteiger partial charge < -0.3 is 10.3 Å². The van der Waals surface area contributed by atoms with Gasteiger partial charge >= 0.3 is 0 Å². The molecule has 1 rings (SSSR count). The van der Waals surface area contributed by atoms with Crippen LogP contribution in [0.5, 0.6) is 0 Å². The normalized spacial score (nSPS) is 13.2. The van der Waals surface area contributed by atoms with Crippen molar-refractivity contribution in [1.29, 1.82) is 0 Å². The SMILES string of the molecule is CC(CCCN)c1nncn1C. The van der Waals surface area contributed by atoms with E-state index in [1.807, 2.05) is 11.6 Å². The Morgan fingerprint density at radius 1 is 1.67 bits per heavy atom. The van der Waals surface area contributed by atoms with E-state index in [0.29, 0.717) is 5.92 Å². The fraction of sp³-hybridized carbons (Fsp3) is 0.750. The van der Waals surface area contributed by atoms with Crippen LogP contribution < -0.4 is 5.73 Å². The maximum atomic E-state index is 5.43. The van der Waals surface area contributed by atoms with Gasteiger partial charge in [0.15, 0.2) is 0 Å². The molecule has 4 nitrogen and oxygen atoms in total. The molecule has 0 saturated heterocycles. The molecular weight excluding hydrogens is 152 g/mol. The zero-order valence-corrected chi connectivity index (χ0v) is 7.70. The molecule has 1 heterocycles. The molecule has 0 aliphatic heterocycles. The van der Waals surface area contributed by atoms with E-state index in [0.717, 1.165) is 25.2 Å².